The van der Waals surface area contributed by atoms with Crippen LogP contribution in [0.25, 0.3) is 0 Å². The molecule has 1 aromatic carbocycles. The number of nitrogens with zero attached hydrogens (tertiary/aromatic N) is 2. The Morgan fingerprint density at radius 1 is 1.22 bits per heavy atom. The number of thioether (sulfide) groups is 1. The summed E-state index contributed by atoms with van der Waals surface area (Å²) < 4.78 is -0.672. The molecule has 0 amide bonds. The van der Waals surface area contributed by atoms with E-state index in [9.17, 15) is 19.8 Å². The number of carboxylic acids is 2. The molecule has 1 saturated heterocycles. The Labute approximate surface area is 138 Å². The smallest absolute Gasteiger partial charge is 0.121 e. The third-order valence-electron chi connectivity index (χ3n) is 4.16. The van der Waals surface area contributed by atoms with Gasteiger partial charge in [-0.25, -0.2) is 0 Å². The highest BCUT2D eigenvalue weighted by Gasteiger charge is 2.54. The third kappa shape index (κ3) is 2.69. The number of aliphatic carboxylic acids is 2. The van der Waals surface area contributed by atoms with E-state index in [1.807, 2.05) is 30.3 Å². The topological polar surface area (TPSA) is 95.9 Å². The predicted molar refractivity (Wildman–Crippen MR) is 82.5 cm³/mol. The van der Waals surface area contributed by atoms with Crippen molar-refractivity contribution in [1.82, 2.24) is 4.90 Å². The van der Waals surface area contributed by atoms with Gasteiger partial charge in [0, 0.05) is 11.2 Å². The number of carbonyl (C=O) groups excluding carboxylic acids is 2. The zero-order valence-electron chi connectivity index (χ0n) is 12.8. The second kappa shape index (κ2) is 5.56. The number of carbonyl (C=O) groups is 2. The van der Waals surface area contributed by atoms with Crippen LogP contribution in [-0.4, -0.2) is 44.9 Å². The Morgan fingerprint density at radius 2 is 1.87 bits per heavy atom. The summed E-state index contributed by atoms with van der Waals surface area (Å²) in [5, 5.41) is 22.5. The first kappa shape index (κ1) is 15.9. The quantitative estimate of drug-likeness (QED) is 0.704. The highest BCUT2D eigenvalue weighted by atomic mass is 32.2. The number of benzene rings is 1. The lowest BCUT2D eigenvalue weighted by Gasteiger charge is -2.33. The maximum absolute atomic E-state index is 11.7. The van der Waals surface area contributed by atoms with Gasteiger partial charge in [-0.1, -0.05) is 30.3 Å². The Bertz CT molecular complexity index is 674. The van der Waals surface area contributed by atoms with E-state index >= 15 is 0 Å². The lowest BCUT2D eigenvalue weighted by atomic mass is 10.0. The van der Waals surface area contributed by atoms with E-state index in [-0.39, 0.29) is 0 Å². The van der Waals surface area contributed by atoms with Crippen LogP contribution in [0.4, 0.5) is 0 Å². The normalized spacial score (nSPS) is 28.3. The summed E-state index contributed by atoms with van der Waals surface area (Å²) in [5.41, 5.74) is 0.941. The van der Waals surface area contributed by atoms with Crippen molar-refractivity contribution in [1.29, 1.82) is 0 Å². The fourth-order valence-corrected chi connectivity index (χ4v) is 4.82. The van der Waals surface area contributed by atoms with Crippen LogP contribution in [-0.2, 0) is 16.0 Å². The van der Waals surface area contributed by atoms with Gasteiger partial charge < -0.3 is 24.7 Å². The molecule has 122 valence electrons. The number of amidine groups is 1. The molecule has 0 aromatic heterocycles. The van der Waals surface area contributed by atoms with E-state index in [1.54, 1.807) is 18.7 Å². The summed E-state index contributed by atoms with van der Waals surface area (Å²) >= 11 is 1.30. The Morgan fingerprint density at radius 3 is 2.43 bits per heavy atom. The van der Waals surface area contributed by atoms with Gasteiger partial charge in [-0.05, 0) is 19.4 Å². The molecule has 2 aliphatic heterocycles. The minimum absolute atomic E-state index is 0.377. The van der Waals surface area contributed by atoms with Crippen molar-refractivity contribution in [3.63, 3.8) is 0 Å². The Balaban J connectivity index is 1.98. The van der Waals surface area contributed by atoms with Gasteiger partial charge in [0.15, 0.2) is 0 Å². The second-order valence-corrected chi connectivity index (χ2v) is 7.98. The number of carboxylic acid groups (broad SMARTS) is 2. The van der Waals surface area contributed by atoms with Crippen molar-refractivity contribution >= 4 is 29.5 Å². The molecule has 2 unspecified atom stereocenters. The Hall–Kier alpha value is -2.02. The lowest BCUT2D eigenvalue weighted by molar-refractivity contribution is -0.313. The summed E-state index contributed by atoms with van der Waals surface area (Å²) in [6, 6.07) is 7.42. The molecule has 2 aliphatic rings. The van der Waals surface area contributed by atoms with Crippen LogP contribution in [0.1, 0.15) is 19.4 Å². The molecule has 1 aromatic rings. The van der Waals surface area contributed by atoms with Gasteiger partial charge in [0.1, 0.15) is 17.3 Å². The monoisotopic (exact) mass is 332 g/mol. The van der Waals surface area contributed by atoms with Crippen LogP contribution in [0.15, 0.2) is 35.3 Å². The van der Waals surface area contributed by atoms with Crippen molar-refractivity contribution in [2.24, 2.45) is 4.99 Å². The third-order valence-corrected chi connectivity index (χ3v) is 5.72. The number of aliphatic imine (C=N–C) groups is 1. The first-order valence-corrected chi connectivity index (χ1v) is 8.17. The molecular formula is C16H16N2O4S-2. The molecule has 0 aliphatic carbocycles. The molecule has 3 atom stereocenters. The Kier molecular flexibility index (Phi) is 3.83. The highest BCUT2D eigenvalue weighted by molar-refractivity contribution is 8.01. The predicted octanol–water partition coefficient (Wildman–Crippen LogP) is -0.968. The molecule has 7 heteroatoms. The van der Waals surface area contributed by atoms with Crippen LogP contribution < -0.4 is 10.2 Å². The van der Waals surface area contributed by atoms with E-state index in [0.717, 1.165) is 5.56 Å². The van der Waals surface area contributed by atoms with Crippen molar-refractivity contribution in [2.75, 3.05) is 0 Å². The largest absolute Gasteiger partial charge is 0.548 e. The summed E-state index contributed by atoms with van der Waals surface area (Å²) in [6.45, 7) is 3.56. The van der Waals surface area contributed by atoms with Crippen LogP contribution in [0.5, 0.6) is 0 Å². The zero-order chi connectivity index (χ0) is 16.8. The maximum atomic E-state index is 11.7. The lowest BCUT2D eigenvalue weighted by Crippen LogP contribution is -2.55. The van der Waals surface area contributed by atoms with Crippen molar-refractivity contribution < 1.29 is 19.8 Å². The number of rotatable bonds is 4. The van der Waals surface area contributed by atoms with Gasteiger partial charge in [0.05, 0.1) is 18.0 Å². The first-order chi connectivity index (χ1) is 10.8. The maximum Gasteiger partial charge on any atom is 0.121 e. The number of hydrogen-bond acceptors (Lipinski definition) is 7. The summed E-state index contributed by atoms with van der Waals surface area (Å²) in [5.74, 6) is -2.04. The standard InChI is InChI=1S/C16H18N2O4S/c1-16(2)12(15(21)22)18-10(8-9-6-4-3-5-7-9)17-11(14(19)20)13(18)23-16/h3-7,11-13H,8H2,1-2H3,(H,19,20)(H,21,22)/p-2/t11?,12-,13?/m0/s1. The van der Waals surface area contributed by atoms with Crippen LogP contribution in [0.3, 0.4) is 0 Å². The van der Waals surface area contributed by atoms with Crippen molar-refractivity contribution in [2.45, 2.75) is 42.5 Å². The summed E-state index contributed by atoms with van der Waals surface area (Å²) in [7, 11) is 0. The molecule has 23 heavy (non-hydrogen) atoms. The molecule has 3 rings (SSSR count). The number of hydrogen-bond donors (Lipinski definition) is 0. The van der Waals surface area contributed by atoms with Gasteiger partial charge in [-0.3, -0.25) is 4.99 Å². The fraction of sp³-hybridized carbons (Fsp3) is 0.438. The molecule has 0 radical (unpaired) electrons. The van der Waals surface area contributed by atoms with E-state index in [0.29, 0.717) is 12.3 Å². The molecule has 0 saturated carbocycles. The summed E-state index contributed by atoms with van der Waals surface area (Å²) in [4.78, 5) is 28.9. The van der Waals surface area contributed by atoms with Crippen LogP contribution in [0.2, 0.25) is 0 Å². The molecule has 1 fully saturated rings. The molecule has 0 spiro atoms. The molecule has 0 bridgehead atoms. The van der Waals surface area contributed by atoms with Gasteiger partial charge in [-0.15, -0.1) is 11.8 Å². The van der Waals surface area contributed by atoms with Gasteiger partial charge in [-0.2, -0.15) is 0 Å². The van der Waals surface area contributed by atoms with Crippen LogP contribution >= 0.6 is 11.8 Å². The van der Waals surface area contributed by atoms with Crippen LogP contribution in [0, 0.1) is 0 Å². The fourth-order valence-electron chi connectivity index (χ4n) is 3.20. The van der Waals surface area contributed by atoms with E-state index in [4.69, 9.17) is 0 Å². The molecular weight excluding hydrogens is 316 g/mol. The van der Waals surface area contributed by atoms with Crippen molar-refractivity contribution in [3.8, 4) is 0 Å². The van der Waals surface area contributed by atoms with Crippen molar-refractivity contribution in [3.05, 3.63) is 35.9 Å². The minimum atomic E-state index is -1.29. The summed E-state index contributed by atoms with van der Waals surface area (Å²) in [6.07, 6.45) is 0.377. The second-order valence-electron chi connectivity index (χ2n) is 6.21. The van der Waals surface area contributed by atoms with Gasteiger partial charge in [0.25, 0.3) is 0 Å². The minimum Gasteiger partial charge on any atom is -0.548 e. The van der Waals surface area contributed by atoms with E-state index in [1.165, 1.54) is 11.8 Å². The molecule has 0 N–H and O–H groups in total. The SMILES string of the molecule is CC1(C)SC2C(C(=O)[O-])N=C(Cc3ccccc3)N2[C@H]1C(=O)[O-]. The van der Waals surface area contributed by atoms with E-state index in [2.05, 4.69) is 4.99 Å². The van der Waals surface area contributed by atoms with Gasteiger partial charge in [0.2, 0.25) is 0 Å². The highest BCUT2D eigenvalue weighted by Crippen LogP contribution is 2.48. The zero-order valence-corrected chi connectivity index (χ0v) is 13.6. The molecule has 2 heterocycles. The molecule has 6 nitrogen and oxygen atoms in total. The average molecular weight is 332 g/mol. The first-order valence-electron chi connectivity index (χ1n) is 7.30. The van der Waals surface area contributed by atoms with E-state index < -0.39 is 34.1 Å². The average Bonchev–Trinajstić information content (AvgIpc) is 2.92. The number of fused-ring (bicyclic) bond motifs is 1. The van der Waals surface area contributed by atoms with Gasteiger partial charge >= 0.3 is 0 Å².